The van der Waals surface area contributed by atoms with Gasteiger partial charge in [0.05, 0.1) is 5.69 Å². The summed E-state index contributed by atoms with van der Waals surface area (Å²) in [4.78, 5) is 15.3. The molecule has 6 nitrogen and oxygen atoms in total. The summed E-state index contributed by atoms with van der Waals surface area (Å²) in [5, 5.41) is 2.81. The van der Waals surface area contributed by atoms with Crippen molar-refractivity contribution in [3.63, 3.8) is 0 Å². The molecule has 0 radical (unpaired) electrons. The zero-order valence-corrected chi connectivity index (χ0v) is 19.5. The van der Waals surface area contributed by atoms with E-state index in [1.807, 2.05) is 12.1 Å². The number of hydrogen-bond donors (Lipinski definition) is 1. The molecule has 2 aromatic carbocycles. The number of sulfonamides is 1. The van der Waals surface area contributed by atoms with Crippen molar-refractivity contribution in [2.24, 2.45) is 0 Å². The second-order valence-corrected chi connectivity index (χ2v) is 10.2. The van der Waals surface area contributed by atoms with Gasteiger partial charge >= 0.3 is 0 Å². The van der Waals surface area contributed by atoms with Gasteiger partial charge in [-0.3, -0.25) is 9.69 Å². The Morgan fingerprint density at radius 2 is 1.68 bits per heavy atom. The Morgan fingerprint density at radius 1 is 1.03 bits per heavy atom. The van der Waals surface area contributed by atoms with Gasteiger partial charge in [-0.1, -0.05) is 37.6 Å². The van der Waals surface area contributed by atoms with E-state index in [1.54, 1.807) is 36.4 Å². The molecular formula is C24H33N3O3S. The second kappa shape index (κ2) is 10.4. The van der Waals surface area contributed by atoms with E-state index in [-0.39, 0.29) is 10.8 Å². The van der Waals surface area contributed by atoms with Crippen molar-refractivity contribution in [3.05, 3.63) is 59.7 Å². The first kappa shape index (κ1) is 23.4. The highest BCUT2D eigenvalue weighted by Gasteiger charge is 2.28. The molecule has 0 bridgehead atoms. The summed E-state index contributed by atoms with van der Waals surface area (Å²) in [6.07, 6.45) is 2.78. The normalized spacial score (nSPS) is 15.4. The van der Waals surface area contributed by atoms with Crippen LogP contribution in [0.25, 0.3) is 0 Å². The number of carbonyl (C=O) groups is 1. The van der Waals surface area contributed by atoms with Gasteiger partial charge in [-0.15, -0.1) is 0 Å². The molecule has 1 aliphatic rings. The van der Waals surface area contributed by atoms with Crippen LogP contribution >= 0.6 is 0 Å². The van der Waals surface area contributed by atoms with Crippen LogP contribution in [0.3, 0.4) is 0 Å². The predicted molar refractivity (Wildman–Crippen MR) is 125 cm³/mol. The van der Waals surface area contributed by atoms with E-state index in [1.165, 1.54) is 4.31 Å². The molecule has 0 saturated carbocycles. The van der Waals surface area contributed by atoms with Crippen molar-refractivity contribution >= 4 is 21.6 Å². The summed E-state index contributed by atoms with van der Waals surface area (Å²) in [5.41, 5.74) is 1.96. The monoisotopic (exact) mass is 443 g/mol. The van der Waals surface area contributed by atoms with Gasteiger partial charge in [-0.05, 0) is 63.1 Å². The van der Waals surface area contributed by atoms with Crippen LogP contribution in [0.15, 0.2) is 53.4 Å². The molecular weight excluding hydrogens is 410 g/mol. The molecule has 0 atom stereocenters. The topological polar surface area (TPSA) is 69.7 Å². The molecule has 1 saturated heterocycles. The van der Waals surface area contributed by atoms with Crippen LogP contribution < -0.4 is 5.32 Å². The lowest BCUT2D eigenvalue weighted by atomic mass is 10.1. The first-order valence-corrected chi connectivity index (χ1v) is 12.5. The van der Waals surface area contributed by atoms with E-state index in [0.29, 0.717) is 30.4 Å². The van der Waals surface area contributed by atoms with Crippen LogP contribution in [0.2, 0.25) is 0 Å². The van der Waals surface area contributed by atoms with Crippen molar-refractivity contribution < 1.29 is 13.2 Å². The summed E-state index contributed by atoms with van der Waals surface area (Å²) in [6, 6.07) is 14.6. The minimum atomic E-state index is -3.64. The van der Waals surface area contributed by atoms with Gasteiger partial charge in [0.2, 0.25) is 10.0 Å². The quantitative estimate of drug-likeness (QED) is 0.659. The third-order valence-electron chi connectivity index (χ3n) is 5.81. The fraction of sp³-hybridized carbons (Fsp3) is 0.458. The summed E-state index contributed by atoms with van der Waals surface area (Å²) < 4.78 is 27.8. The largest absolute Gasteiger partial charge is 0.321 e. The van der Waals surface area contributed by atoms with Gasteiger partial charge in [0.25, 0.3) is 5.91 Å². The highest BCUT2D eigenvalue weighted by molar-refractivity contribution is 7.89. The number of nitrogens with one attached hydrogen (secondary N) is 1. The summed E-state index contributed by atoms with van der Waals surface area (Å²) in [6.45, 7) is 9.31. The maximum atomic E-state index is 13.1. The molecule has 1 fully saturated rings. The fourth-order valence-corrected chi connectivity index (χ4v) is 5.55. The number of rotatable bonds is 8. The zero-order chi connectivity index (χ0) is 22.4. The van der Waals surface area contributed by atoms with Crippen LogP contribution in [0.5, 0.6) is 0 Å². The molecule has 1 amide bonds. The summed E-state index contributed by atoms with van der Waals surface area (Å²) in [7, 11) is -3.64. The minimum Gasteiger partial charge on any atom is -0.321 e. The van der Waals surface area contributed by atoms with Gasteiger partial charge in [-0.2, -0.15) is 4.31 Å². The van der Waals surface area contributed by atoms with Crippen LogP contribution in [-0.2, 0) is 16.6 Å². The highest BCUT2D eigenvalue weighted by Crippen LogP contribution is 2.27. The molecule has 3 rings (SSSR count). The van der Waals surface area contributed by atoms with Gasteiger partial charge in [0, 0.05) is 31.2 Å². The molecule has 0 aliphatic carbocycles. The Bertz CT molecular complexity index is 981. The Labute approximate surface area is 186 Å². The summed E-state index contributed by atoms with van der Waals surface area (Å²) in [5.74, 6) is -0.316. The molecule has 2 aromatic rings. The first-order chi connectivity index (χ1) is 14.8. The van der Waals surface area contributed by atoms with E-state index in [2.05, 4.69) is 31.0 Å². The number of para-hydroxylation sites is 1. The Morgan fingerprint density at radius 3 is 2.29 bits per heavy atom. The van der Waals surface area contributed by atoms with Gasteiger partial charge in [-0.25, -0.2) is 8.42 Å². The minimum absolute atomic E-state index is 0.150. The lowest BCUT2D eigenvalue weighted by Crippen LogP contribution is -2.36. The smallest absolute Gasteiger partial charge is 0.255 e. The maximum Gasteiger partial charge on any atom is 0.255 e. The molecule has 7 heteroatoms. The third kappa shape index (κ3) is 5.73. The molecule has 1 heterocycles. The second-order valence-electron chi connectivity index (χ2n) is 8.27. The van der Waals surface area contributed by atoms with Crippen molar-refractivity contribution in [3.8, 4) is 0 Å². The molecule has 0 spiro atoms. The number of anilines is 1. The van der Waals surface area contributed by atoms with Crippen molar-refractivity contribution in [2.75, 3.05) is 25.0 Å². The number of piperidine rings is 1. The van der Waals surface area contributed by atoms with Crippen LogP contribution in [0, 0.1) is 0 Å². The van der Waals surface area contributed by atoms with Gasteiger partial charge in [0.15, 0.2) is 0 Å². The molecule has 0 unspecified atom stereocenters. The third-order valence-corrected chi connectivity index (χ3v) is 7.76. The Hall–Kier alpha value is -2.22. The van der Waals surface area contributed by atoms with E-state index in [9.17, 15) is 13.2 Å². The van der Waals surface area contributed by atoms with Crippen LogP contribution in [0.4, 0.5) is 5.69 Å². The maximum absolute atomic E-state index is 13.1. The summed E-state index contributed by atoms with van der Waals surface area (Å²) >= 11 is 0. The van der Waals surface area contributed by atoms with Gasteiger partial charge < -0.3 is 5.32 Å². The first-order valence-electron chi connectivity index (χ1n) is 11.1. The SMILES string of the molecule is CCN(Cc1ccc(C(=O)Nc2ccccc2S(=O)(=O)N2CCCCC2)cc1)C(C)C. The number of benzene rings is 2. The zero-order valence-electron chi connectivity index (χ0n) is 18.7. The lowest BCUT2D eigenvalue weighted by Gasteiger charge is -2.26. The fourth-order valence-electron chi connectivity index (χ4n) is 3.89. The lowest BCUT2D eigenvalue weighted by molar-refractivity contribution is 0.102. The van der Waals surface area contributed by atoms with E-state index >= 15 is 0 Å². The van der Waals surface area contributed by atoms with E-state index < -0.39 is 10.0 Å². The van der Waals surface area contributed by atoms with E-state index in [0.717, 1.165) is 37.9 Å². The predicted octanol–water partition coefficient (Wildman–Crippen LogP) is 4.34. The average Bonchev–Trinajstić information content (AvgIpc) is 2.78. The molecule has 168 valence electrons. The number of amides is 1. The van der Waals surface area contributed by atoms with Gasteiger partial charge in [0.1, 0.15) is 4.90 Å². The van der Waals surface area contributed by atoms with E-state index in [4.69, 9.17) is 0 Å². The number of carbonyl (C=O) groups excluding carboxylic acids is 1. The molecule has 31 heavy (non-hydrogen) atoms. The highest BCUT2D eigenvalue weighted by atomic mass is 32.2. The number of hydrogen-bond acceptors (Lipinski definition) is 4. The molecule has 1 N–H and O–H groups in total. The van der Waals surface area contributed by atoms with Crippen molar-refractivity contribution in [1.29, 1.82) is 0 Å². The standard InChI is InChI=1S/C24H33N3O3S/c1-4-26(19(2)3)18-20-12-14-21(15-13-20)24(28)25-22-10-6-7-11-23(22)31(29,30)27-16-8-5-9-17-27/h6-7,10-15,19H,4-5,8-9,16-18H2,1-3H3,(H,25,28). The average molecular weight is 444 g/mol. The van der Waals surface area contributed by atoms with Crippen molar-refractivity contribution in [2.45, 2.75) is 57.5 Å². The Balaban J connectivity index is 1.75. The Kier molecular flexibility index (Phi) is 7.86. The van der Waals surface area contributed by atoms with Crippen LogP contribution in [0.1, 0.15) is 56.0 Å². The molecule has 1 aliphatic heterocycles. The van der Waals surface area contributed by atoms with Crippen LogP contribution in [-0.4, -0.2) is 49.2 Å². The molecule has 0 aromatic heterocycles. The number of nitrogens with zero attached hydrogens (tertiary/aromatic N) is 2. The van der Waals surface area contributed by atoms with Crippen molar-refractivity contribution in [1.82, 2.24) is 9.21 Å².